The zero-order chi connectivity index (χ0) is 33.9. The maximum absolute atomic E-state index is 9.90. The zero-order valence-electron chi connectivity index (χ0n) is 29.3. The topological polar surface area (TPSA) is 98.0 Å². The molecule has 10 nitrogen and oxygen atoms in total. The van der Waals surface area contributed by atoms with Gasteiger partial charge in [0, 0.05) is 76.2 Å². The van der Waals surface area contributed by atoms with Crippen LogP contribution in [0.3, 0.4) is 0 Å². The van der Waals surface area contributed by atoms with Crippen molar-refractivity contribution in [3.05, 3.63) is 49.9 Å². The average molecular weight is 652 g/mol. The number of nitrogens with zero attached hydrogens (tertiary/aromatic N) is 6. The first kappa shape index (κ1) is 38.6. The lowest BCUT2D eigenvalue weighted by Crippen LogP contribution is -2.58. The standard InChI is InChI=1S/C33H53N7O3.2C2H4/c1-3-35-33(27-4-5-28(20-34)32(11-6-27)43-22-26-12-13-38(21-26)18-19-41-2)37-25-36-29-7-9-30(10-8-29)39-14-16-40(17-15-39)31-23-42-24-31;2*1-2/h3,7,11,26-28,30-31,36H,4-6,8-10,12-19,21-25H2,1-2H3;2*1-2H2/b35-3?,37-33-;;. The number of aliphatic imine (C=N–C) groups is 2. The Hall–Kier alpha value is -2.81. The zero-order valence-corrected chi connectivity index (χ0v) is 29.3. The molecule has 0 saturated carbocycles. The first-order valence-electron chi connectivity index (χ1n) is 17.6. The van der Waals surface area contributed by atoms with Crippen molar-refractivity contribution in [2.24, 2.45) is 27.7 Å². The highest BCUT2D eigenvalue weighted by Gasteiger charge is 2.32. The Bertz CT molecular complexity index is 1070. The molecular weight excluding hydrogens is 590 g/mol. The molecule has 0 bridgehead atoms. The van der Waals surface area contributed by atoms with Crippen LogP contribution in [-0.4, -0.2) is 125 Å². The summed E-state index contributed by atoms with van der Waals surface area (Å²) in [4.78, 5) is 17.3. The largest absolute Gasteiger partial charge is 0.497 e. The number of ether oxygens (including phenoxy) is 3. The second-order valence-electron chi connectivity index (χ2n) is 12.7. The van der Waals surface area contributed by atoms with Crippen molar-refractivity contribution < 1.29 is 14.2 Å². The monoisotopic (exact) mass is 651 g/mol. The predicted molar refractivity (Wildman–Crippen MR) is 192 cm³/mol. The van der Waals surface area contributed by atoms with E-state index >= 15 is 0 Å². The number of piperazine rings is 1. The number of nitriles is 1. The fourth-order valence-electron chi connectivity index (χ4n) is 7.08. The summed E-state index contributed by atoms with van der Waals surface area (Å²) >= 11 is 0. The van der Waals surface area contributed by atoms with E-state index in [9.17, 15) is 5.26 Å². The van der Waals surface area contributed by atoms with Gasteiger partial charge < -0.3 is 24.4 Å². The van der Waals surface area contributed by atoms with Crippen molar-refractivity contribution in [3.8, 4) is 6.07 Å². The maximum Gasteiger partial charge on any atom is 0.128 e. The summed E-state index contributed by atoms with van der Waals surface area (Å²) in [7, 11) is 1.75. The first-order valence-corrected chi connectivity index (χ1v) is 17.6. The summed E-state index contributed by atoms with van der Waals surface area (Å²) in [6.45, 7) is 25.5. The van der Waals surface area contributed by atoms with E-state index in [4.69, 9.17) is 19.2 Å². The number of hydrogen-bond donors (Lipinski definition) is 1. The molecule has 5 rings (SSSR count). The molecule has 0 amide bonds. The average Bonchev–Trinajstić information content (AvgIpc) is 3.45. The molecular formula is C37H61N7O3. The van der Waals surface area contributed by atoms with Crippen LogP contribution in [0.25, 0.3) is 0 Å². The van der Waals surface area contributed by atoms with E-state index in [-0.39, 0.29) is 11.8 Å². The molecule has 0 aromatic rings. The van der Waals surface area contributed by atoms with Crippen LogP contribution in [0.5, 0.6) is 0 Å². The highest BCUT2D eigenvalue weighted by Crippen LogP contribution is 2.30. The Labute approximate surface area is 284 Å². The summed E-state index contributed by atoms with van der Waals surface area (Å²) in [6.07, 6.45) is 13.3. The molecule has 47 heavy (non-hydrogen) atoms. The Morgan fingerprint density at radius 2 is 1.77 bits per heavy atom. The van der Waals surface area contributed by atoms with Gasteiger partial charge in [0.1, 0.15) is 24.2 Å². The van der Waals surface area contributed by atoms with E-state index in [0.717, 1.165) is 89.6 Å². The highest BCUT2D eigenvalue weighted by molar-refractivity contribution is 5.91. The van der Waals surface area contributed by atoms with E-state index in [1.165, 1.54) is 38.3 Å². The van der Waals surface area contributed by atoms with E-state index < -0.39 is 0 Å². The number of amidine groups is 1. The Kier molecular flexibility index (Phi) is 18.0. The van der Waals surface area contributed by atoms with Gasteiger partial charge >= 0.3 is 0 Å². The summed E-state index contributed by atoms with van der Waals surface area (Å²) in [6, 6.07) is 3.80. The molecule has 0 radical (unpaired) electrons. The van der Waals surface area contributed by atoms with Gasteiger partial charge in [-0.25, -0.2) is 9.98 Å². The lowest BCUT2D eigenvalue weighted by Gasteiger charge is -2.45. The van der Waals surface area contributed by atoms with Crippen LogP contribution in [0.4, 0.5) is 0 Å². The predicted octanol–water partition coefficient (Wildman–Crippen LogP) is 4.89. The van der Waals surface area contributed by atoms with Crippen LogP contribution < -0.4 is 5.32 Å². The van der Waals surface area contributed by atoms with Gasteiger partial charge in [0.15, 0.2) is 0 Å². The van der Waals surface area contributed by atoms with E-state index in [0.29, 0.717) is 31.3 Å². The summed E-state index contributed by atoms with van der Waals surface area (Å²) in [5.74, 6) is 2.22. The molecule has 4 unspecified atom stereocenters. The van der Waals surface area contributed by atoms with Gasteiger partial charge in [-0.1, -0.05) is 6.08 Å². The minimum Gasteiger partial charge on any atom is -0.497 e. The lowest BCUT2D eigenvalue weighted by atomic mass is 9.96. The quantitative estimate of drug-likeness (QED) is 0.181. The molecule has 3 heterocycles. The molecule has 0 aromatic heterocycles. The van der Waals surface area contributed by atoms with Gasteiger partial charge in [-0.2, -0.15) is 5.26 Å². The van der Waals surface area contributed by atoms with Gasteiger partial charge in [-0.15, -0.1) is 26.3 Å². The van der Waals surface area contributed by atoms with Gasteiger partial charge in [0.25, 0.3) is 0 Å². The SMILES string of the molecule is C=C.C=C.CC=N/C(=N\CNC1=CCC(N2CCN(C3COC3)CC2)CC1)C1CC=C(OCC2CCN(CCOC)C2)C(C#N)CC1. The van der Waals surface area contributed by atoms with Crippen LogP contribution in [0, 0.1) is 29.1 Å². The number of likely N-dealkylation sites (tertiary alicyclic amines) is 1. The third-order valence-corrected chi connectivity index (χ3v) is 9.93. The van der Waals surface area contributed by atoms with Crippen molar-refractivity contribution in [1.29, 1.82) is 5.26 Å². The summed E-state index contributed by atoms with van der Waals surface area (Å²) in [5, 5.41) is 13.5. The number of hydrogen-bond acceptors (Lipinski definition) is 9. The normalized spacial score (nSPS) is 28.0. The van der Waals surface area contributed by atoms with Crippen LogP contribution >= 0.6 is 0 Å². The van der Waals surface area contributed by atoms with Crippen LogP contribution in [0.15, 0.2) is 59.9 Å². The van der Waals surface area contributed by atoms with E-state index in [1.54, 1.807) is 7.11 Å². The Balaban J connectivity index is 0.00000144. The van der Waals surface area contributed by atoms with Crippen LogP contribution in [-0.2, 0) is 14.2 Å². The van der Waals surface area contributed by atoms with Gasteiger partial charge in [-0.3, -0.25) is 9.80 Å². The molecule has 1 N–H and O–H groups in total. The van der Waals surface area contributed by atoms with Crippen LogP contribution in [0.1, 0.15) is 51.9 Å². The number of allylic oxidation sites excluding steroid dienone is 3. The summed E-state index contributed by atoms with van der Waals surface area (Å²) < 4.78 is 16.9. The van der Waals surface area contributed by atoms with E-state index in [1.807, 2.05) is 13.1 Å². The third-order valence-electron chi connectivity index (χ3n) is 9.93. The minimum atomic E-state index is -0.198. The molecule has 2 aliphatic carbocycles. The fourth-order valence-corrected chi connectivity index (χ4v) is 7.08. The van der Waals surface area contributed by atoms with Crippen LogP contribution in [0.2, 0.25) is 0 Å². The molecule has 3 fully saturated rings. The number of rotatable bonds is 12. The minimum absolute atomic E-state index is 0.195. The number of methoxy groups -OCH3 is 1. The van der Waals surface area contributed by atoms with Crippen molar-refractivity contribution in [1.82, 2.24) is 20.0 Å². The van der Waals surface area contributed by atoms with Gasteiger partial charge in [0.2, 0.25) is 0 Å². The second kappa shape index (κ2) is 21.9. The van der Waals surface area contributed by atoms with Crippen molar-refractivity contribution in [2.75, 3.05) is 86.0 Å². The van der Waals surface area contributed by atoms with E-state index in [2.05, 4.69) is 69.5 Å². The molecule has 3 saturated heterocycles. The smallest absolute Gasteiger partial charge is 0.128 e. The third kappa shape index (κ3) is 12.0. The molecule has 0 spiro atoms. The molecule has 5 aliphatic rings. The molecule has 10 heteroatoms. The van der Waals surface area contributed by atoms with Gasteiger partial charge in [-0.05, 0) is 64.5 Å². The summed E-state index contributed by atoms with van der Waals surface area (Å²) in [5.41, 5.74) is 1.30. The lowest BCUT2D eigenvalue weighted by molar-refractivity contribution is -0.0799. The molecule has 3 aliphatic heterocycles. The van der Waals surface area contributed by atoms with Gasteiger partial charge in [0.05, 0.1) is 38.5 Å². The van der Waals surface area contributed by atoms with Crippen molar-refractivity contribution in [2.45, 2.75) is 64.0 Å². The second-order valence-corrected chi connectivity index (χ2v) is 12.7. The van der Waals surface area contributed by atoms with Crippen molar-refractivity contribution >= 4 is 12.1 Å². The van der Waals surface area contributed by atoms with Crippen molar-refractivity contribution in [3.63, 3.8) is 0 Å². The maximum atomic E-state index is 9.90. The Morgan fingerprint density at radius 1 is 1.02 bits per heavy atom. The first-order chi connectivity index (χ1) is 23.2. The molecule has 4 atom stereocenters. The highest BCUT2D eigenvalue weighted by atomic mass is 16.5. The fraction of sp³-hybridized carbons (Fsp3) is 0.703. The molecule has 0 aromatic carbocycles. The molecule has 262 valence electrons. The number of nitrogens with one attached hydrogen (secondary N) is 1. The Morgan fingerprint density at radius 3 is 2.38 bits per heavy atom.